The van der Waals surface area contributed by atoms with Gasteiger partial charge in [0.25, 0.3) is 5.56 Å². The van der Waals surface area contributed by atoms with E-state index in [2.05, 4.69) is 36.4 Å². The summed E-state index contributed by atoms with van der Waals surface area (Å²) in [6.07, 6.45) is 5.65. The van der Waals surface area contributed by atoms with Gasteiger partial charge >= 0.3 is 0 Å². The summed E-state index contributed by atoms with van der Waals surface area (Å²) in [5.74, 6) is 1.63. The number of unbranched alkanes of at least 4 members (excludes halogenated alkanes) is 1. The third kappa shape index (κ3) is 8.75. The molecular weight excluding hydrogens is 312 g/mol. The molecule has 0 saturated heterocycles. The average molecular weight is 349 g/mol. The summed E-state index contributed by atoms with van der Waals surface area (Å²) >= 11 is 0. The van der Waals surface area contributed by atoms with Crippen molar-refractivity contribution in [3.8, 4) is 0 Å². The SMILES string of the molecule is CN=C(NCCCCn1c(C)cccc1=O)NC(C)CCCC(C)C. The van der Waals surface area contributed by atoms with E-state index in [9.17, 15) is 4.79 Å². The van der Waals surface area contributed by atoms with Crippen LogP contribution in [-0.2, 0) is 6.54 Å². The molecule has 0 spiro atoms. The summed E-state index contributed by atoms with van der Waals surface area (Å²) in [5, 5.41) is 6.82. The van der Waals surface area contributed by atoms with Crippen LogP contribution in [-0.4, -0.2) is 30.2 Å². The number of hydrogen-bond acceptors (Lipinski definition) is 2. The topological polar surface area (TPSA) is 58.4 Å². The predicted octanol–water partition coefficient (Wildman–Crippen LogP) is 3.32. The second-order valence-electron chi connectivity index (χ2n) is 7.23. The van der Waals surface area contributed by atoms with Crippen LogP contribution in [0.25, 0.3) is 0 Å². The lowest BCUT2D eigenvalue weighted by Gasteiger charge is -2.18. The summed E-state index contributed by atoms with van der Waals surface area (Å²) in [7, 11) is 1.81. The van der Waals surface area contributed by atoms with E-state index >= 15 is 0 Å². The molecule has 0 aromatic carbocycles. The molecule has 1 aromatic rings. The lowest BCUT2D eigenvalue weighted by atomic mass is 10.0. The molecule has 25 heavy (non-hydrogen) atoms. The average Bonchev–Trinajstić information content (AvgIpc) is 2.55. The number of nitrogens with zero attached hydrogens (tertiary/aromatic N) is 2. The van der Waals surface area contributed by atoms with Gasteiger partial charge in [-0.15, -0.1) is 0 Å². The van der Waals surface area contributed by atoms with Crippen LogP contribution >= 0.6 is 0 Å². The maximum Gasteiger partial charge on any atom is 0.250 e. The van der Waals surface area contributed by atoms with E-state index in [-0.39, 0.29) is 5.56 Å². The number of hydrogen-bond donors (Lipinski definition) is 2. The van der Waals surface area contributed by atoms with Gasteiger partial charge in [0.1, 0.15) is 0 Å². The van der Waals surface area contributed by atoms with E-state index in [0.29, 0.717) is 6.04 Å². The van der Waals surface area contributed by atoms with Crippen molar-refractivity contribution in [1.82, 2.24) is 15.2 Å². The van der Waals surface area contributed by atoms with Crippen LogP contribution in [0.2, 0.25) is 0 Å². The standard InChI is InChI=1S/C20H36N4O/c1-16(2)10-8-11-17(3)23-20(21-5)22-14-6-7-15-24-18(4)12-9-13-19(24)25/h9,12-13,16-17H,6-8,10-11,14-15H2,1-5H3,(H2,21,22,23). The number of aliphatic imine (C=N–C) groups is 1. The fourth-order valence-electron chi connectivity index (χ4n) is 2.84. The third-order valence-electron chi connectivity index (χ3n) is 4.39. The van der Waals surface area contributed by atoms with Gasteiger partial charge in [-0.3, -0.25) is 9.79 Å². The Hall–Kier alpha value is -1.78. The van der Waals surface area contributed by atoms with Crippen molar-refractivity contribution in [3.05, 3.63) is 34.2 Å². The highest BCUT2D eigenvalue weighted by molar-refractivity contribution is 5.79. The summed E-state index contributed by atoms with van der Waals surface area (Å²) < 4.78 is 1.84. The van der Waals surface area contributed by atoms with Crippen molar-refractivity contribution in [2.45, 2.75) is 72.4 Å². The minimum Gasteiger partial charge on any atom is -0.356 e. The van der Waals surface area contributed by atoms with E-state index < -0.39 is 0 Å². The van der Waals surface area contributed by atoms with Gasteiger partial charge < -0.3 is 15.2 Å². The third-order valence-corrected chi connectivity index (χ3v) is 4.39. The molecule has 1 rings (SSSR count). The number of pyridine rings is 1. The summed E-state index contributed by atoms with van der Waals surface area (Å²) in [4.78, 5) is 16.1. The summed E-state index contributed by atoms with van der Waals surface area (Å²) in [5.41, 5.74) is 1.11. The first-order valence-corrected chi connectivity index (χ1v) is 9.57. The fourth-order valence-corrected chi connectivity index (χ4v) is 2.84. The Kier molecular flexibility index (Phi) is 9.97. The van der Waals surface area contributed by atoms with Crippen LogP contribution in [0.5, 0.6) is 0 Å². The fraction of sp³-hybridized carbons (Fsp3) is 0.700. The Labute approximate surface area is 152 Å². The number of nitrogens with one attached hydrogen (secondary N) is 2. The molecule has 1 heterocycles. The second kappa shape index (κ2) is 11.7. The van der Waals surface area contributed by atoms with Crippen molar-refractivity contribution < 1.29 is 0 Å². The summed E-state index contributed by atoms with van der Waals surface area (Å²) in [6, 6.07) is 5.84. The van der Waals surface area contributed by atoms with Gasteiger partial charge in [-0.25, -0.2) is 0 Å². The van der Waals surface area contributed by atoms with Crippen molar-refractivity contribution >= 4 is 5.96 Å². The van der Waals surface area contributed by atoms with Gasteiger partial charge in [-0.1, -0.05) is 32.8 Å². The number of aromatic nitrogens is 1. The van der Waals surface area contributed by atoms with E-state index in [0.717, 1.165) is 49.9 Å². The predicted molar refractivity (Wildman–Crippen MR) is 107 cm³/mol. The van der Waals surface area contributed by atoms with E-state index in [1.165, 1.54) is 12.8 Å². The Balaban J connectivity index is 2.24. The van der Waals surface area contributed by atoms with Crippen LogP contribution in [0.1, 0.15) is 58.6 Å². The van der Waals surface area contributed by atoms with Crippen LogP contribution < -0.4 is 16.2 Å². The molecule has 0 bridgehead atoms. The summed E-state index contributed by atoms with van der Waals surface area (Å²) in [6.45, 7) is 10.3. The van der Waals surface area contributed by atoms with Crippen molar-refractivity contribution in [2.75, 3.05) is 13.6 Å². The van der Waals surface area contributed by atoms with Crippen LogP contribution in [0, 0.1) is 12.8 Å². The lowest BCUT2D eigenvalue weighted by Crippen LogP contribution is -2.42. The zero-order valence-corrected chi connectivity index (χ0v) is 16.6. The monoisotopic (exact) mass is 348 g/mol. The van der Waals surface area contributed by atoms with Crippen molar-refractivity contribution in [1.29, 1.82) is 0 Å². The van der Waals surface area contributed by atoms with Crippen molar-refractivity contribution in [2.24, 2.45) is 10.9 Å². The first-order valence-electron chi connectivity index (χ1n) is 9.57. The number of guanidine groups is 1. The van der Waals surface area contributed by atoms with Gasteiger partial charge in [0, 0.05) is 37.9 Å². The van der Waals surface area contributed by atoms with Gasteiger partial charge in [-0.2, -0.15) is 0 Å². The van der Waals surface area contributed by atoms with E-state index in [1.54, 1.807) is 6.07 Å². The highest BCUT2D eigenvalue weighted by atomic mass is 16.1. The van der Waals surface area contributed by atoms with E-state index in [4.69, 9.17) is 0 Å². The van der Waals surface area contributed by atoms with Crippen LogP contribution in [0.3, 0.4) is 0 Å². The molecule has 0 aliphatic heterocycles. The van der Waals surface area contributed by atoms with Gasteiger partial charge in [0.15, 0.2) is 5.96 Å². The van der Waals surface area contributed by atoms with Gasteiger partial charge in [0.05, 0.1) is 0 Å². The molecule has 0 radical (unpaired) electrons. The molecule has 142 valence electrons. The Morgan fingerprint density at radius 3 is 2.56 bits per heavy atom. The molecule has 5 heteroatoms. The molecule has 0 fully saturated rings. The van der Waals surface area contributed by atoms with E-state index in [1.807, 2.05) is 30.7 Å². The lowest BCUT2D eigenvalue weighted by molar-refractivity contribution is 0.490. The smallest absolute Gasteiger partial charge is 0.250 e. The maximum atomic E-state index is 11.8. The minimum absolute atomic E-state index is 0.0839. The number of aryl methyl sites for hydroxylation is 1. The van der Waals surface area contributed by atoms with Crippen LogP contribution in [0.15, 0.2) is 28.0 Å². The highest BCUT2D eigenvalue weighted by Gasteiger charge is 2.05. The zero-order valence-electron chi connectivity index (χ0n) is 16.6. The highest BCUT2D eigenvalue weighted by Crippen LogP contribution is 2.08. The largest absolute Gasteiger partial charge is 0.356 e. The molecule has 0 aliphatic carbocycles. The molecule has 1 atom stereocenters. The van der Waals surface area contributed by atoms with Gasteiger partial charge in [-0.05, 0) is 45.1 Å². The molecule has 0 saturated carbocycles. The quantitative estimate of drug-likeness (QED) is 0.387. The number of rotatable bonds is 10. The minimum atomic E-state index is 0.0839. The second-order valence-corrected chi connectivity index (χ2v) is 7.23. The Morgan fingerprint density at radius 2 is 1.92 bits per heavy atom. The van der Waals surface area contributed by atoms with Crippen molar-refractivity contribution in [3.63, 3.8) is 0 Å². The Bertz CT molecular complexity index is 577. The molecule has 0 aliphatic rings. The van der Waals surface area contributed by atoms with Crippen LogP contribution in [0.4, 0.5) is 0 Å². The first kappa shape index (κ1) is 21.3. The molecule has 5 nitrogen and oxygen atoms in total. The molecular formula is C20H36N4O. The van der Waals surface area contributed by atoms with Gasteiger partial charge in [0.2, 0.25) is 0 Å². The molecule has 0 amide bonds. The molecule has 2 N–H and O–H groups in total. The normalized spacial score (nSPS) is 13.1. The maximum absolute atomic E-state index is 11.8. The zero-order chi connectivity index (χ0) is 18.7. The Morgan fingerprint density at radius 1 is 1.16 bits per heavy atom. The molecule has 1 unspecified atom stereocenters. The first-order chi connectivity index (χ1) is 11.9. The molecule has 1 aromatic heterocycles.